The highest BCUT2D eigenvalue weighted by Gasteiger charge is 2.42. The average molecular weight is 416 g/mol. The maximum atomic E-state index is 12.1. The monoisotopic (exact) mass is 415 g/mol. The molecule has 2 bridgehead atoms. The van der Waals surface area contributed by atoms with E-state index in [9.17, 15) is 4.79 Å². The molecule has 1 saturated heterocycles. The Morgan fingerprint density at radius 1 is 1.20 bits per heavy atom. The number of nitrogens with one attached hydrogen (secondary N) is 2. The van der Waals surface area contributed by atoms with Gasteiger partial charge in [0.2, 0.25) is 0 Å². The van der Waals surface area contributed by atoms with E-state index < -0.39 is 0 Å². The fourth-order valence-corrected chi connectivity index (χ4v) is 5.50. The molecule has 1 aliphatic heterocycles. The molecular weight excluding hydrogens is 378 g/mol. The van der Waals surface area contributed by atoms with Crippen LogP contribution in [0, 0.1) is 18.8 Å². The van der Waals surface area contributed by atoms with E-state index in [1.807, 2.05) is 6.92 Å². The molecule has 3 unspecified atom stereocenters. The summed E-state index contributed by atoms with van der Waals surface area (Å²) in [6, 6.07) is 2.64. The zero-order chi connectivity index (χ0) is 20.9. The zero-order valence-corrected chi connectivity index (χ0v) is 18.5. The van der Waals surface area contributed by atoms with Gasteiger partial charge in [-0.1, -0.05) is 6.42 Å². The number of carbonyl (C=O) groups is 1. The maximum absolute atomic E-state index is 12.1. The number of furan rings is 1. The predicted molar refractivity (Wildman–Crippen MR) is 119 cm³/mol. The second-order valence-electron chi connectivity index (χ2n) is 9.04. The molecule has 4 rings (SSSR count). The van der Waals surface area contributed by atoms with Crippen molar-refractivity contribution in [1.29, 1.82) is 0 Å². The lowest BCUT2D eigenvalue weighted by Crippen LogP contribution is -2.55. The van der Waals surface area contributed by atoms with Gasteiger partial charge in [-0.25, -0.2) is 0 Å². The van der Waals surface area contributed by atoms with Gasteiger partial charge in [-0.15, -0.1) is 0 Å². The number of guanidine groups is 1. The van der Waals surface area contributed by atoms with E-state index in [4.69, 9.17) is 9.41 Å². The maximum Gasteiger partial charge on any atom is 0.287 e. The molecule has 1 amide bonds. The topological polar surface area (TPSA) is 73.1 Å². The summed E-state index contributed by atoms with van der Waals surface area (Å²) in [6.07, 6.45) is 8.20. The summed E-state index contributed by atoms with van der Waals surface area (Å²) in [4.78, 5) is 22.1. The molecule has 2 heterocycles. The molecule has 2 N–H and O–H groups in total. The first kappa shape index (κ1) is 21.2. The zero-order valence-electron chi connectivity index (χ0n) is 18.5. The third kappa shape index (κ3) is 4.82. The van der Waals surface area contributed by atoms with Crippen LogP contribution in [0.4, 0.5) is 0 Å². The molecule has 0 spiro atoms. The number of rotatable bonds is 7. The van der Waals surface area contributed by atoms with Gasteiger partial charge in [-0.2, -0.15) is 0 Å². The van der Waals surface area contributed by atoms with Crippen molar-refractivity contribution in [2.24, 2.45) is 16.8 Å². The quantitative estimate of drug-likeness (QED) is 0.407. The van der Waals surface area contributed by atoms with Crippen LogP contribution in [0.5, 0.6) is 0 Å². The Hall–Kier alpha value is -2.02. The third-order valence-corrected chi connectivity index (χ3v) is 7.07. The molecule has 3 aliphatic rings. The molecule has 2 aliphatic carbocycles. The van der Waals surface area contributed by atoms with Crippen molar-refractivity contribution in [2.75, 3.05) is 45.8 Å². The second kappa shape index (κ2) is 9.86. The van der Waals surface area contributed by atoms with Gasteiger partial charge >= 0.3 is 0 Å². The van der Waals surface area contributed by atoms with Crippen molar-refractivity contribution >= 4 is 11.9 Å². The summed E-state index contributed by atoms with van der Waals surface area (Å²) in [5, 5.41) is 6.37. The minimum absolute atomic E-state index is 0.148. The Bertz CT molecular complexity index is 738. The summed E-state index contributed by atoms with van der Waals surface area (Å²) in [6.45, 7) is 10.6. The molecule has 7 nitrogen and oxygen atoms in total. The van der Waals surface area contributed by atoms with Crippen LogP contribution in [0.15, 0.2) is 21.7 Å². The van der Waals surface area contributed by atoms with Gasteiger partial charge in [-0.05, 0) is 57.4 Å². The normalized spacial score (nSPS) is 26.9. The van der Waals surface area contributed by atoms with Gasteiger partial charge in [0.15, 0.2) is 11.7 Å². The largest absolute Gasteiger partial charge is 0.459 e. The first-order valence-corrected chi connectivity index (χ1v) is 11.7. The van der Waals surface area contributed by atoms with E-state index in [1.165, 1.54) is 25.7 Å². The first-order chi connectivity index (χ1) is 14.7. The van der Waals surface area contributed by atoms with Crippen LogP contribution < -0.4 is 10.6 Å². The fraction of sp³-hybridized carbons (Fsp3) is 0.739. The van der Waals surface area contributed by atoms with Crippen LogP contribution in [0.2, 0.25) is 0 Å². The molecule has 7 heteroatoms. The summed E-state index contributed by atoms with van der Waals surface area (Å²) in [5.74, 6) is 3.24. The highest BCUT2D eigenvalue weighted by Crippen LogP contribution is 2.46. The SMILES string of the molecule is CCNC(=NCCCNC(=O)c1occc1C)N1CCN(C2CC3CCC2C3)CC1. The Kier molecular flexibility index (Phi) is 6.97. The molecule has 1 aromatic rings. The predicted octanol–water partition coefficient (Wildman–Crippen LogP) is 2.48. The Morgan fingerprint density at radius 3 is 2.67 bits per heavy atom. The third-order valence-electron chi connectivity index (χ3n) is 7.07. The highest BCUT2D eigenvalue weighted by atomic mass is 16.3. The lowest BCUT2D eigenvalue weighted by Gasteiger charge is -2.42. The molecule has 3 atom stereocenters. The van der Waals surface area contributed by atoms with Gasteiger partial charge in [0, 0.05) is 57.4 Å². The number of hydrogen-bond donors (Lipinski definition) is 2. The summed E-state index contributed by atoms with van der Waals surface area (Å²) >= 11 is 0. The lowest BCUT2D eigenvalue weighted by atomic mass is 9.93. The molecule has 166 valence electrons. The minimum Gasteiger partial charge on any atom is -0.459 e. The highest BCUT2D eigenvalue weighted by molar-refractivity contribution is 5.92. The van der Waals surface area contributed by atoms with E-state index in [0.29, 0.717) is 18.8 Å². The van der Waals surface area contributed by atoms with E-state index in [2.05, 4.69) is 27.4 Å². The second-order valence-corrected chi connectivity index (χ2v) is 9.04. The van der Waals surface area contributed by atoms with Crippen molar-refractivity contribution in [2.45, 2.75) is 52.0 Å². The molecule has 0 aromatic carbocycles. The van der Waals surface area contributed by atoms with Crippen molar-refractivity contribution < 1.29 is 9.21 Å². The van der Waals surface area contributed by atoms with Gasteiger partial charge in [-0.3, -0.25) is 14.7 Å². The van der Waals surface area contributed by atoms with Crippen LogP contribution in [0.1, 0.15) is 55.1 Å². The smallest absolute Gasteiger partial charge is 0.287 e. The molecule has 30 heavy (non-hydrogen) atoms. The van der Waals surface area contributed by atoms with Crippen molar-refractivity contribution in [3.05, 3.63) is 23.7 Å². The summed E-state index contributed by atoms with van der Waals surface area (Å²) in [5.41, 5.74) is 0.865. The van der Waals surface area contributed by atoms with Crippen molar-refractivity contribution in [3.63, 3.8) is 0 Å². The van der Waals surface area contributed by atoms with E-state index in [1.54, 1.807) is 12.3 Å². The van der Waals surface area contributed by atoms with Crippen LogP contribution >= 0.6 is 0 Å². The summed E-state index contributed by atoms with van der Waals surface area (Å²) in [7, 11) is 0. The Labute approximate surface area is 180 Å². The number of nitrogens with zero attached hydrogens (tertiary/aromatic N) is 3. The van der Waals surface area contributed by atoms with Gasteiger partial charge in [0.1, 0.15) is 0 Å². The average Bonchev–Trinajstić information content (AvgIpc) is 3.50. The first-order valence-electron chi connectivity index (χ1n) is 11.7. The number of piperazine rings is 1. The number of carbonyl (C=O) groups excluding carboxylic acids is 1. The van der Waals surface area contributed by atoms with Gasteiger partial charge in [0.25, 0.3) is 5.91 Å². The molecular formula is C23H37N5O2. The summed E-state index contributed by atoms with van der Waals surface area (Å²) < 4.78 is 5.23. The molecule has 1 aromatic heterocycles. The minimum atomic E-state index is -0.148. The Morgan fingerprint density at radius 2 is 2.03 bits per heavy atom. The lowest BCUT2D eigenvalue weighted by molar-refractivity contribution is 0.0924. The van der Waals surface area contributed by atoms with Crippen molar-refractivity contribution in [3.8, 4) is 0 Å². The number of aliphatic imine (C=N–C) groups is 1. The van der Waals surface area contributed by atoms with Gasteiger partial charge < -0.3 is 20.0 Å². The van der Waals surface area contributed by atoms with Crippen LogP contribution in [0.3, 0.4) is 0 Å². The van der Waals surface area contributed by atoms with Crippen molar-refractivity contribution in [1.82, 2.24) is 20.4 Å². The van der Waals surface area contributed by atoms with Crippen LogP contribution in [-0.4, -0.2) is 73.5 Å². The number of fused-ring (bicyclic) bond motifs is 2. The van der Waals surface area contributed by atoms with E-state index >= 15 is 0 Å². The van der Waals surface area contributed by atoms with Crippen LogP contribution in [-0.2, 0) is 0 Å². The molecule has 0 radical (unpaired) electrons. The number of hydrogen-bond acceptors (Lipinski definition) is 4. The fourth-order valence-electron chi connectivity index (χ4n) is 5.50. The molecule has 3 fully saturated rings. The van der Waals surface area contributed by atoms with Crippen LogP contribution in [0.25, 0.3) is 0 Å². The Balaban J connectivity index is 1.20. The van der Waals surface area contributed by atoms with Gasteiger partial charge in [0.05, 0.1) is 6.26 Å². The number of amides is 1. The molecule has 2 saturated carbocycles. The standard InChI is InChI=1S/C23H37N5O2/c1-3-24-23(26-9-4-8-25-22(29)21-17(2)7-14-30-21)28-12-10-27(11-13-28)20-16-18-5-6-19(20)15-18/h7,14,18-20H,3-6,8-13,15-16H2,1-2H3,(H,24,26)(H,25,29). The van der Waals surface area contributed by atoms with E-state index in [0.717, 1.165) is 68.5 Å². The number of aryl methyl sites for hydroxylation is 1. The van der Waals surface area contributed by atoms with E-state index in [-0.39, 0.29) is 5.91 Å².